The standard InChI is InChI=1S/C65H108O12/c1-4-7-10-13-16-19-22-25-27-28-29-30-32-34-36-39-42-45-48-51-57(66)73-54-56(75-58(67)52-49-46-43-40-37-33-24-21-18-15-12-9-6-3)55-74-65-63(61(70)60(69)62(77-65)64(71)72)76-59(68)53-50-47-44-41-38-35-31-26-23-20-17-14-11-8-5-2/h7-8,10-11,16-17,19-20,25-27,29-31,56,60-63,65,69-70H,4-6,9,12-15,18,21-24,28,32-55H2,1-3H3,(H,71,72)/b10-7-,11-8-,19-16-,20-17-,27-25-,30-29-,31-26-. The lowest BCUT2D eigenvalue weighted by Gasteiger charge is -2.40. The number of unbranched alkanes of at least 4 members (excludes halogenated alkanes) is 23. The van der Waals surface area contributed by atoms with Gasteiger partial charge in [-0.3, -0.25) is 14.4 Å². The van der Waals surface area contributed by atoms with Gasteiger partial charge in [0.15, 0.2) is 24.6 Å². The zero-order chi connectivity index (χ0) is 56.1. The fourth-order valence-corrected chi connectivity index (χ4v) is 8.84. The molecule has 77 heavy (non-hydrogen) atoms. The molecule has 12 heteroatoms. The number of carboxylic acids is 1. The average molecular weight is 1080 g/mol. The summed E-state index contributed by atoms with van der Waals surface area (Å²) in [7, 11) is 0. The summed E-state index contributed by atoms with van der Waals surface area (Å²) in [6, 6.07) is 0. The van der Waals surface area contributed by atoms with E-state index in [1.165, 1.54) is 57.8 Å². The number of aliphatic hydroxyl groups excluding tert-OH is 2. The third kappa shape index (κ3) is 42.5. The maximum absolute atomic E-state index is 13.2. The van der Waals surface area contributed by atoms with Crippen molar-refractivity contribution >= 4 is 23.9 Å². The van der Waals surface area contributed by atoms with Crippen LogP contribution in [0, 0.1) is 0 Å². The summed E-state index contributed by atoms with van der Waals surface area (Å²) in [5.41, 5.74) is 0. The zero-order valence-electron chi connectivity index (χ0n) is 48.4. The van der Waals surface area contributed by atoms with Crippen molar-refractivity contribution in [3.63, 3.8) is 0 Å². The fourth-order valence-electron chi connectivity index (χ4n) is 8.84. The van der Waals surface area contributed by atoms with Crippen molar-refractivity contribution in [1.82, 2.24) is 0 Å². The maximum atomic E-state index is 13.2. The summed E-state index contributed by atoms with van der Waals surface area (Å²) in [4.78, 5) is 51.2. The second-order valence-corrected chi connectivity index (χ2v) is 20.6. The Morgan fingerprint density at radius 1 is 0.442 bits per heavy atom. The van der Waals surface area contributed by atoms with Crippen molar-refractivity contribution in [2.24, 2.45) is 0 Å². The Bertz CT molecular complexity index is 1660. The Morgan fingerprint density at radius 3 is 1.25 bits per heavy atom. The molecule has 0 radical (unpaired) electrons. The van der Waals surface area contributed by atoms with Gasteiger partial charge in [-0.2, -0.15) is 0 Å². The molecular weight excluding hydrogens is 973 g/mol. The van der Waals surface area contributed by atoms with Crippen LogP contribution in [-0.2, 0) is 42.9 Å². The van der Waals surface area contributed by atoms with Crippen LogP contribution in [0.5, 0.6) is 0 Å². The van der Waals surface area contributed by atoms with E-state index in [4.69, 9.17) is 23.7 Å². The van der Waals surface area contributed by atoms with Gasteiger partial charge in [0.1, 0.15) is 18.8 Å². The minimum absolute atomic E-state index is 0.0378. The molecule has 1 heterocycles. The number of allylic oxidation sites excluding steroid dienone is 14. The highest BCUT2D eigenvalue weighted by atomic mass is 16.7. The Kier molecular flexibility index (Phi) is 48.4. The number of esters is 3. The van der Waals surface area contributed by atoms with E-state index < -0.39 is 67.3 Å². The normalized spacial score (nSPS) is 18.6. The first-order chi connectivity index (χ1) is 37.6. The van der Waals surface area contributed by atoms with E-state index in [0.29, 0.717) is 19.3 Å². The Morgan fingerprint density at radius 2 is 0.818 bits per heavy atom. The van der Waals surface area contributed by atoms with Crippen LogP contribution in [0.1, 0.15) is 252 Å². The van der Waals surface area contributed by atoms with Crippen LogP contribution in [0.2, 0.25) is 0 Å². The van der Waals surface area contributed by atoms with E-state index in [0.717, 1.165) is 135 Å². The number of carbonyl (C=O) groups excluding carboxylic acids is 3. The van der Waals surface area contributed by atoms with Crippen LogP contribution < -0.4 is 0 Å². The van der Waals surface area contributed by atoms with E-state index in [-0.39, 0.29) is 25.9 Å². The van der Waals surface area contributed by atoms with Gasteiger partial charge in [-0.1, -0.05) is 228 Å². The zero-order valence-corrected chi connectivity index (χ0v) is 48.4. The first kappa shape index (κ1) is 70.9. The number of hydrogen-bond donors (Lipinski definition) is 3. The van der Waals surface area contributed by atoms with Crippen molar-refractivity contribution in [3.05, 3.63) is 85.1 Å². The summed E-state index contributed by atoms with van der Waals surface area (Å²) < 4.78 is 28.4. The van der Waals surface area contributed by atoms with Crippen LogP contribution >= 0.6 is 0 Å². The van der Waals surface area contributed by atoms with Crippen molar-refractivity contribution in [3.8, 4) is 0 Å². The van der Waals surface area contributed by atoms with Gasteiger partial charge in [0, 0.05) is 19.3 Å². The van der Waals surface area contributed by atoms with Gasteiger partial charge in [-0.05, 0) is 89.9 Å². The van der Waals surface area contributed by atoms with Crippen molar-refractivity contribution in [1.29, 1.82) is 0 Å². The monoisotopic (exact) mass is 1080 g/mol. The summed E-state index contributed by atoms with van der Waals surface area (Å²) in [6.07, 6.45) is 55.4. The molecule has 1 fully saturated rings. The topological polar surface area (TPSA) is 175 Å². The van der Waals surface area contributed by atoms with Gasteiger partial charge in [0.2, 0.25) is 0 Å². The molecule has 1 aliphatic rings. The number of ether oxygens (including phenoxy) is 5. The Hall–Kier alpha value is -4.10. The largest absolute Gasteiger partial charge is 0.479 e. The molecule has 0 saturated carbocycles. The number of carboxylic acid groups (broad SMARTS) is 1. The van der Waals surface area contributed by atoms with Gasteiger partial charge < -0.3 is 39.0 Å². The number of aliphatic hydroxyl groups is 2. The molecule has 0 bridgehead atoms. The number of carbonyl (C=O) groups is 4. The quantitative estimate of drug-likeness (QED) is 0.0228. The van der Waals surface area contributed by atoms with Gasteiger partial charge in [0.25, 0.3) is 0 Å². The number of hydrogen-bond acceptors (Lipinski definition) is 11. The van der Waals surface area contributed by atoms with Crippen LogP contribution in [0.25, 0.3) is 0 Å². The molecule has 6 atom stereocenters. The van der Waals surface area contributed by atoms with E-state index in [2.05, 4.69) is 106 Å². The highest BCUT2D eigenvalue weighted by Gasteiger charge is 2.50. The second kappa shape index (κ2) is 52.6. The Balaban J connectivity index is 2.68. The van der Waals surface area contributed by atoms with E-state index in [9.17, 15) is 34.5 Å². The highest BCUT2D eigenvalue weighted by molar-refractivity contribution is 5.74. The van der Waals surface area contributed by atoms with Gasteiger partial charge in [-0.15, -0.1) is 0 Å². The average Bonchev–Trinajstić information content (AvgIpc) is 3.42. The fraction of sp³-hybridized carbons (Fsp3) is 0.723. The third-order valence-electron chi connectivity index (χ3n) is 13.5. The van der Waals surface area contributed by atoms with Crippen LogP contribution in [-0.4, -0.2) is 89.2 Å². The molecule has 0 aromatic heterocycles. The minimum Gasteiger partial charge on any atom is -0.479 e. The molecule has 12 nitrogen and oxygen atoms in total. The SMILES string of the molecule is CC/C=C\C/C=C\C/C=C\C/C=C\CCCCCCCCC(=O)OCC(COC1OC(C(=O)O)C(O)C(O)C1OC(=O)CCCCCCC/C=C\C/C=C\C/C=C\CC)OC(=O)CCCCCCCCCCCCCCC. The molecule has 6 unspecified atom stereocenters. The van der Waals surface area contributed by atoms with Crippen molar-refractivity contribution < 1.29 is 58.2 Å². The lowest BCUT2D eigenvalue weighted by molar-refractivity contribution is -0.301. The maximum Gasteiger partial charge on any atom is 0.335 e. The van der Waals surface area contributed by atoms with Crippen LogP contribution in [0.4, 0.5) is 0 Å². The predicted molar refractivity (Wildman–Crippen MR) is 312 cm³/mol. The lowest BCUT2D eigenvalue weighted by Crippen LogP contribution is -2.61. The summed E-state index contributed by atoms with van der Waals surface area (Å²) in [5.74, 6) is -3.15. The molecule has 1 rings (SSSR count). The van der Waals surface area contributed by atoms with Gasteiger partial charge in [0.05, 0.1) is 6.61 Å². The summed E-state index contributed by atoms with van der Waals surface area (Å²) >= 11 is 0. The van der Waals surface area contributed by atoms with Crippen molar-refractivity contribution in [2.75, 3.05) is 13.2 Å². The summed E-state index contributed by atoms with van der Waals surface area (Å²) in [6.45, 7) is 5.76. The number of rotatable bonds is 51. The molecule has 0 spiro atoms. The van der Waals surface area contributed by atoms with E-state index in [1.54, 1.807) is 0 Å². The molecule has 1 aliphatic heterocycles. The summed E-state index contributed by atoms with van der Waals surface area (Å²) in [5, 5.41) is 31.5. The molecule has 3 N–H and O–H groups in total. The van der Waals surface area contributed by atoms with Crippen LogP contribution in [0.3, 0.4) is 0 Å². The number of aliphatic carboxylic acids is 1. The molecule has 0 aromatic rings. The molecule has 440 valence electrons. The first-order valence-electron chi connectivity index (χ1n) is 30.6. The smallest absolute Gasteiger partial charge is 0.335 e. The molecule has 1 saturated heterocycles. The molecule has 0 aromatic carbocycles. The molecule has 0 amide bonds. The minimum atomic E-state index is -1.91. The predicted octanol–water partition coefficient (Wildman–Crippen LogP) is 15.9. The lowest BCUT2D eigenvalue weighted by atomic mass is 9.98. The highest BCUT2D eigenvalue weighted by Crippen LogP contribution is 2.26. The molecule has 0 aliphatic carbocycles. The Labute approximate surface area is 467 Å². The van der Waals surface area contributed by atoms with Crippen LogP contribution in [0.15, 0.2) is 85.1 Å². The second-order valence-electron chi connectivity index (χ2n) is 20.6. The van der Waals surface area contributed by atoms with E-state index in [1.807, 2.05) is 0 Å². The third-order valence-corrected chi connectivity index (χ3v) is 13.5. The first-order valence-corrected chi connectivity index (χ1v) is 30.6. The van der Waals surface area contributed by atoms with Crippen molar-refractivity contribution in [2.45, 2.75) is 289 Å². The van der Waals surface area contributed by atoms with E-state index >= 15 is 0 Å². The van der Waals surface area contributed by atoms with Gasteiger partial charge >= 0.3 is 23.9 Å². The molecular formula is C65H108O12. The van der Waals surface area contributed by atoms with Gasteiger partial charge in [-0.25, -0.2) is 4.79 Å².